The molecule has 0 aliphatic heterocycles. The predicted octanol–water partition coefficient (Wildman–Crippen LogP) is 11.7. The van der Waals surface area contributed by atoms with E-state index >= 15 is 0 Å². The van der Waals surface area contributed by atoms with Gasteiger partial charge in [-0.15, -0.1) is 10.2 Å². The molecule has 10 N–H and O–H groups in total. The van der Waals surface area contributed by atoms with Crippen molar-refractivity contribution in [3.05, 3.63) is 137 Å². The van der Waals surface area contributed by atoms with Gasteiger partial charge in [0.25, 0.3) is 80.9 Å². The smallest absolute Gasteiger partial charge is 0.295 e. The summed E-state index contributed by atoms with van der Waals surface area (Å²) in [5.74, 6) is -2.45. The number of ether oxygens (including phenoxy) is 4. The highest BCUT2D eigenvalue weighted by Gasteiger charge is 2.24. The van der Waals surface area contributed by atoms with Crippen LogP contribution in [-0.4, -0.2) is 160 Å². The molecule has 0 aliphatic rings. The molecule has 0 aromatic heterocycles. The second-order valence-corrected chi connectivity index (χ2v) is 35.6. The van der Waals surface area contributed by atoms with E-state index in [2.05, 4.69) is 51.5 Å². The molecule has 0 bridgehead atoms. The van der Waals surface area contributed by atoms with Crippen molar-refractivity contribution in [2.24, 2.45) is 40.9 Å². The van der Waals surface area contributed by atoms with E-state index < -0.39 is 124 Å². The Balaban J connectivity index is 1.06. The number of anilines is 1. The molecule has 0 unspecified atom stereocenters. The van der Waals surface area contributed by atoms with Gasteiger partial charge >= 0.3 is 0 Å². The van der Waals surface area contributed by atoms with Crippen LogP contribution in [0.15, 0.2) is 170 Å². The van der Waals surface area contributed by atoms with Crippen LogP contribution in [-0.2, 0) is 87.5 Å². The first kappa shape index (κ1) is 84.5. The first-order chi connectivity index (χ1) is 50.2. The van der Waals surface area contributed by atoms with Gasteiger partial charge in [-0.25, -0.2) is 0 Å². The van der Waals surface area contributed by atoms with Gasteiger partial charge in [-0.1, -0.05) is 12.1 Å². The normalized spacial score (nSPS) is 13.1. The molecule has 0 atom stereocenters. The molecule has 38 nitrogen and oxygen atoms in total. The second-order valence-electron chi connectivity index (χ2n) is 23.7. The van der Waals surface area contributed by atoms with Crippen molar-refractivity contribution < 1.29 is 123 Å². The summed E-state index contributed by atoms with van der Waals surface area (Å²) >= 11 is 0. The standard InChI is InChI=1S/C62H68N10O28S8/c1-37-21-43(57(97-13-5-17-101(73,74)75)31-50(37)69-71-55-23-39(3)51(33-59(55)99-15-7-19-103(79,80)81)67-65-44-11-9-41-25-46(105(85,86)87)29-61(48(41)27-44)107(91,92)93)35-63-36-64-54-22-38(2)53(32-58(54)98-14-6-18-102(76,77)78)70-72-56-24-40(4)52(34-60(56)100-16-8-20-104(82,83)84)68-66-45-12-10-42-26-47(106(88,89)90)30-62(49(42)28-45)108(94,95)96/h9-12,21-34,63-64H,5-8,13-20,35-36H2,1-4H3,(H,73,74,75)(H,76,77,78)(H,79,80,81)(H,82,83,84)(H,85,86,87)(H,88,89,90)(H,91,92,93)(H,94,95,96)/b67-65?,68-66-,71-69?,72-70-. The van der Waals surface area contributed by atoms with E-state index in [0.29, 0.717) is 45.6 Å². The molecule has 8 aromatic carbocycles. The molecule has 0 spiro atoms. The second kappa shape index (κ2) is 34.7. The average Bonchev–Trinajstić information content (AvgIpc) is 0.772. The molecule has 8 aromatic rings. The number of benzene rings is 8. The SMILES string of the molecule is Cc1cc(N=Nc2cc(OCCCS(=O)(=O)O)c(CNCNc3cc(C)c(/N=N\c4cc(C)c(/N=N\c5ccc6cc(S(=O)(=O)O)cc(S(=O)(=O)O)c6c5)cc4OCCCS(=O)(=O)O)cc3OCCCS(=O)(=O)O)cc2C)c(OCCCS(=O)(=O)O)cc1N=Nc1ccc2cc(S(=O)(=O)O)cc(S(=O)(=O)O)c2c1. The lowest BCUT2D eigenvalue weighted by Crippen LogP contribution is -2.22. The van der Waals surface area contributed by atoms with Crippen LogP contribution in [0.25, 0.3) is 21.5 Å². The van der Waals surface area contributed by atoms with Crippen LogP contribution >= 0.6 is 0 Å². The summed E-state index contributed by atoms with van der Waals surface area (Å²) < 4.78 is 291. The fourth-order valence-corrected chi connectivity index (χ4v) is 14.6. The zero-order valence-corrected chi connectivity index (χ0v) is 63.4. The van der Waals surface area contributed by atoms with Gasteiger partial charge in [0.2, 0.25) is 0 Å². The van der Waals surface area contributed by atoms with Crippen LogP contribution in [0.3, 0.4) is 0 Å². The van der Waals surface area contributed by atoms with Crippen molar-refractivity contribution in [1.29, 1.82) is 0 Å². The van der Waals surface area contributed by atoms with Crippen molar-refractivity contribution in [1.82, 2.24) is 5.32 Å². The zero-order chi connectivity index (χ0) is 79.5. The number of azo groups is 4. The molecule has 46 heteroatoms. The summed E-state index contributed by atoms with van der Waals surface area (Å²) in [6.45, 7) is 5.49. The summed E-state index contributed by atoms with van der Waals surface area (Å²) in [5.41, 5.74) is 3.35. The third kappa shape index (κ3) is 25.3. The minimum absolute atomic E-state index is 0.00578. The van der Waals surface area contributed by atoms with Crippen molar-refractivity contribution in [3.8, 4) is 23.0 Å². The Kier molecular flexibility index (Phi) is 27.1. The van der Waals surface area contributed by atoms with Gasteiger partial charge < -0.3 is 24.3 Å². The van der Waals surface area contributed by atoms with Crippen LogP contribution in [0.5, 0.6) is 23.0 Å². The Morgan fingerprint density at radius 3 is 1.03 bits per heavy atom. The lowest BCUT2D eigenvalue weighted by Gasteiger charge is -2.17. The molecule has 8 rings (SSSR count). The molecular weight excluding hydrogens is 1590 g/mol. The minimum atomic E-state index is -5.06. The topological polar surface area (TPSA) is 595 Å². The van der Waals surface area contributed by atoms with Gasteiger partial charge in [0, 0.05) is 47.1 Å². The Morgan fingerprint density at radius 1 is 0.333 bits per heavy atom. The first-order valence-corrected chi connectivity index (χ1v) is 43.4. The van der Waals surface area contributed by atoms with E-state index in [0.717, 1.165) is 12.1 Å². The van der Waals surface area contributed by atoms with Crippen LogP contribution in [0.2, 0.25) is 0 Å². The molecule has 0 heterocycles. The fourth-order valence-electron chi connectivity index (χ4n) is 9.99. The van der Waals surface area contributed by atoms with Gasteiger partial charge in [0.05, 0.1) is 106 Å². The molecule has 0 saturated carbocycles. The molecule has 0 radical (unpaired) electrons. The fraction of sp³-hybridized carbons (Fsp3) is 0.290. The Labute approximate surface area is 619 Å². The number of nitrogens with zero attached hydrogens (tertiary/aromatic N) is 8. The molecule has 0 amide bonds. The van der Waals surface area contributed by atoms with Gasteiger partial charge in [-0.2, -0.15) is 98.0 Å². The predicted molar refractivity (Wildman–Crippen MR) is 390 cm³/mol. The van der Waals surface area contributed by atoms with Crippen LogP contribution in [0.1, 0.15) is 53.5 Å². The van der Waals surface area contributed by atoms with Crippen molar-refractivity contribution in [3.63, 3.8) is 0 Å². The van der Waals surface area contributed by atoms with Crippen LogP contribution < -0.4 is 29.6 Å². The lowest BCUT2D eigenvalue weighted by atomic mass is 10.1. The molecule has 582 valence electrons. The third-order valence-electron chi connectivity index (χ3n) is 15.1. The summed E-state index contributed by atoms with van der Waals surface area (Å²) in [6.07, 6.45) is -0.715. The number of hydrogen-bond acceptors (Lipinski definition) is 30. The van der Waals surface area contributed by atoms with Gasteiger partial charge in [0.1, 0.15) is 44.2 Å². The lowest BCUT2D eigenvalue weighted by molar-refractivity contribution is 0.312. The van der Waals surface area contributed by atoms with E-state index in [1.54, 1.807) is 39.8 Å². The summed E-state index contributed by atoms with van der Waals surface area (Å²) in [6, 6.07) is 22.6. The minimum Gasteiger partial charge on any atom is -0.493 e. The van der Waals surface area contributed by atoms with Crippen LogP contribution in [0, 0.1) is 27.7 Å². The Morgan fingerprint density at radius 2 is 0.657 bits per heavy atom. The molecular formula is C62H68N10O28S8. The largest absolute Gasteiger partial charge is 0.493 e. The van der Waals surface area contributed by atoms with Gasteiger partial charge in [0.15, 0.2) is 0 Å². The third-order valence-corrected chi connectivity index (χ3v) is 21.8. The maximum absolute atomic E-state index is 12.3. The highest BCUT2D eigenvalue weighted by molar-refractivity contribution is 7.88. The van der Waals surface area contributed by atoms with Crippen molar-refractivity contribution in [2.75, 3.05) is 61.4 Å². The molecule has 108 heavy (non-hydrogen) atoms. The average molecular weight is 1660 g/mol. The van der Waals surface area contributed by atoms with E-state index in [-0.39, 0.29) is 155 Å². The van der Waals surface area contributed by atoms with E-state index in [9.17, 15) is 104 Å². The first-order valence-electron chi connectivity index (χ1n) is 31.2. The highest BCUT2D eigenvalue weighted by atomic mass is 32.2. The molecule has 0 saturated heterocycles. The molecule has 0 aliphatic carbocycles. The number of fused-ring (bicyclic) bond motifs is 2. The Hall–Kier alpha value is -9.08. The van der Waals surface area contributed by atoms with E-state index in [1.165, 1.54) is 72.8 Å². The Bertz CT molecular complexity index is 5550. The quantitative estimate of drug-likeness (QED) is 0.00748. The van der Waals surface area contributed by atoms with Gasteiger partial charge in [-0.05, 0) is 159 Å². The zero-order valence-electron chi connectivity index (χ0n) is 56.9. The van der Waals surface area contributed by atoms with E-state index in [1.807, 2.05) is 0 Å². The van der Waals surface area contributed by atoms with E-state index in [4.69, 9.17) is 18.9 Å². The number of nitrogens with one attached hydrogen (secondary N) is 2. The van der Waals surface area contributed by atoms with Gasteiger partial charge in [-0.3, -0.25) is 41.7 Å². The van der Waals surface area contributed by atoms with Crippen molar-refractivity contribution in [2.45, 2.75) is 79.5 Å². The monoisotopic (exact) mass is 1660 g/mol. The van der Waals surface area contributed by atoms with Crippen molar-refractivity contribution >= 4 is 154 Å². The van der Waals surface area contributed by atoms with Crippen LogP contribution in [0.4, 0.5) is 51.2 Å². The maximum Gasteiger partial charge on any atom is 0.295 e. The number of aryl methyl sites for hydroxylation is 4. The summed E-state index contributed by atoms with van der Waals surface area (Å²) in [5, 5.41) is 40.7. The highest BCUT2D eigenvalue weighted by Crippen LogP contribution is 2.42. The number of hydrogen-bond donors (Lipinski definition) is 10. The maximum atomic E-state index is 12.3. The summed E-state index contributed by atoms with van der Waals surface area (Å²) in [4.78, 5) is -3.32. The number of rotatable bonds is 37. The summed E-state index contributed by atoms with van der Waals surface area (Å²) in [7, 11) is -37.6. The molecule has 0 fully saturated rings.